The van der Waals surface area contributed by atoms with Crippen LogP contribution in [0, 0.1) is 17.7 Å². The van der Waals surface area contributed by atoms with Crippen LogP contribution in [0.2, 0.25) is 0 Å². The molecule has 21 heavy (non-hydrogen) atoms. The molecule has 0 amide bonds. The summed E-state index contributed by atoms with van der Waals surface area (Å²) in [5, 5.41) is 3.65. The number of nitrogens with one attached hydrogen (secondary N) is 1. The molecule has 1 fully saturated rings. The number of hydrogen-bond donors (Lipinski definition) is 1. The zero-order valence-electron chi connectivity index (χ0n) is 13.6. The third kappa shape index (κ3) is 4.44. The van der Waals surface area contributed by atoms with Gasteiger partial charge in [0.05, 0.1) is 0 Å². The molecule has 0 aliphatic heterocycles. The molecule has 0 spiro atoms. The van der Waals surface area contributed by atoms with Crippen molar-refractivity contribution >= 4 is 5.69 Å². The lowest BCUT2D eigenvalue weighted by molar-refractivity contribution is 0.218. The van der Waals surface area contributed by atoms with Crippen molar-refractivity contribution in [3.8, 4) is 0 Å². The Morgan fingerprint density at radius 1 is 1.29 bits per heavy atom. The van der Waals surface area contributed by atoms with E-state index in [1.165, 1.54) is 25.3 Å². The molecular formula is C18H29FN2. The number of rotatable bonds is 6. The van der Waals surface area contributed by atoms with E-state index in [1.54, 1.807) is 12.1 Å². The van der Waals surface area contributed by atoms with Crippen LogP contribution in [0.3, 0.4) is 0 Å². The third-order valence-corrected chi connectivity index (χ3v) is 4.72. The van der Waals surface area contributed by atoms with Gasteiger partial charge in [0, 0.05) is 24.8 Å². The van der Waals surface area contributed by atoms with E-state index in [0.29, 0.717) is 12.0 Å². The van der Waals surface area contributed by atoms with Gasteiger partial charge in [0.2, 0.25) is 0 Å². The summed E-state index contributed by atoms with van der Waals surface area (Å²) in [6.45, 7) is 9.66. The molecule has 0 saturated heterocycles. The molecule has 1 aliphatic rings. The van der Waals surface area contributed by atoms with E-state index in [4.69, 9.17) is 0 Å². The fraction of sp³-hybridized carbons (Fsp3) is 0.667. The minimum atomic E-state index is -0.147. The standard InChI is InChI=1S/C18H29FN2/c1-4-20-18-10-9-14(3)11-15(18)13-21(5-2)17-8-6-7-16(19)12-17/h6-8,12,14-15,18,20H,4-5,9-11,13H2,1-3H3. The average Bonchev–Trinajstić information content (AvgIpc) is 2.47. The highest BCUT2D eigenvalue weighted by atomic mass is 19.1. The predicted molar refractivity (Wildman–Crippen MR) is 88.3 cm³/mol. The maximum atomic E-state index is 13.5. The van der Waals surface area contributed by atoms with Crippen molar-refractivity contribution in [2.24, 2.45) is 11.8 Å². The van der Waals surface area contributed by atoms with Gasteiger partial charge in [0.15, 0.2) is 0 Å². The quantitative estimate of drug-likeness (QED) is 0.850. The van der Waals surface area contributed by atoms with E-state index in [1.807, 2.05) is 6.07 Å². The molecule has 3 heteroatoms. The van der Waals surface area contributed by atoms with E-state index in [2.05, 4.69) is 31.0 Å². The highest BCUT2D eigenvalue weighted by Crippen LogP contribution is 2.31. The highest BCUT2D eigenvalue weighted by Gasteiger charge is 2.29. The molecule has 1 aliphatic carbocycles. The molecule has 118 valence electrons. The number of benzene rings is 1. The smallest absolute Gasteiger partial charge is 0.125 e. The van der Waals surface area contributed by atoms with Gasteiger partial charge < -0.3 is 10.2 Å². The van der Waals surface area contributed by atoms with Gasteiger partial charge in [-0.25, -0.2) is 4.39 Å². The lowest BCUT2D eigenvalue weighted by Crippen LogP contribution is -2.45. The van der Waals surface area contributed by atoms with Crippen molar-refractivity contribution in [3.05, 3.63) is 30.1 Å². The van der Waals surface area contributed by atoms with Crippen molar-refractivity contribution in [1.82, 2.24) is 5.32 Å². The largest absolute Gasteiger partial charge is 0.371 e. The minimum absolute atomic E-state index is 0.147. The predicted octanol–water partition coefficient (Wildman–Crippen LogP) is 4.07. The summed E-state index contributed by atoms with van der Waals surface area (Å²) in [4.78, 5) is 2.32. The Hall–Kier alpha value is -1.09. The second-order valence-electron chi connectivity index (χ2n) is 6.36. The van der Waals surface area contributed by atoms with Crippen LogP contribution in [0.4, 0.5) is 10.1 Å². The molecule has 1 aromatic carbocycles. The zero-order chi connectivity index (χ0) is 15.2. The molecular weight excluding hydrogens is 263 g/mol. The SMILES string of the molecule is CCNC1CCC(C)CC1CN(CC)c1cccc(F)c1. The van der Waals surface area contributed by atoms with Gasteiger partial charge >= 0.3 is 0 Å². The van der Waals surface area contributed by atoms with Crippen LogP contribution in [0.25, 0.3) is 0 Å². The van der Waals surface area contributed by atoms with Gasteiger partial charge in [-0.2, -0.15) is 0 Å². The molecule has 2 nitrogen and oxygen atoms in total. The molecule has 1 saturated carbocycles. The number of nitrogens with zero attached hydrogens (tertiary/aromatic N) is 1. The van der Waals surface area contributed by atoms with Gasteiger partial charge in [-0.15, -0.1) is 0 Å². The van der Waals surface area contributed by atoms with E-state index >= 15 is 0 Å². The second kappa shape index (κ2) is 7.79. The first-order valence-corrected chi connectivity index (χ1v) is 8.37. The second-order valence-corrected chi connectivity index (χ2v) is 6.36. The summed E-state index contributed by atoms with van der Waals surface area (Å²) in [5.41, 5.74) is 1.01. The molecule has 0 heterocycles. The Labute approximate surface area is 128 Å². The number of hydrogen-bond acceptors (Lipinski definition) is 2. The molecule has 3 unspecified atom stereocenters. The van der Waals surface area contributed by atoms with Crippen LogP contribution in [-0.4, -0.2) is 25.7 Å². The lowest BCUT2D eigenvalue weighted by Gasteiger charge is -2.39. The normalized spacial score (nSPS) is 25.8. The van der Waals surface area contributed by atoms with E-state index in [-0.39, 0.29) is 5.82 Å². The summed E-state index contributed by atoms with van der Waals surface area (Å²) in [6.07, 6.45) is 3.85. The van der Waals surface area contributed by atoms with Gasteiger partial charge in [0.1, 0.15) is 5.82 Å². The van der Waals surface area contributed by atoms with Crippen molar-refractivity contribution in [2.45, 2.75) is 46.1 Å². The van der Waals surface area contributed by atoms with Crippen LogP contribution in [0.1, 0.15) is 40.0 Å². The molecule has 0 bridgehead atoms. The van der Waals surface area contributed by atoms with Gasteiger partial charge in [-0.1, -0.05) is 19.9 Å². The minimum Gasteiger partial charge on any atom is -0.371 e. The first-order chi connectivity index (χ1) is 10.1. The topological polar surface area (TPSA) is 15.3 Å². The van der Waals surface area contributed by atoms with Crippen LogP contribution < -0.4 is 10.2 Å². The molecule has 1 aromatic rings. The van der Waals surface area contributed by atoms with Crippen LogP contribution in [-0.2, 0) is 0 Å². The average molecular weight is 292 g/mol. The fourth-order valence-electron chi connectivity index (χ4n) is 3.60. The number of halogens is 1. The molecule has 0 aromatic heterocycles. The van der Waals surface area contributed by atoms with E-state index in [0.717, 1.165) is 31.2 Å². The zero-order valence-corrected chi connectivity index (χ0v) is 13.6. The molecule has 1 N–H and O–H groups in total. The van der Waals surface area contributed by atoms with Crippen LogP contribution in [0.15, 0.2) is 24.3 Å². The first kappa shape index (κ1) is 16.3. The maximum Gasteiger partial charge on any atom is 0.125 e. The van der Waals surface area contributed by atoms with Crippen LogP contribution in [0.5, 0.6) is 0 Å². The Morgan fingerprint density at radius 2 is 2.10 bits per heavy atom. The molecule has 2 rings (SSSR count). The van der Waals surface area contributed by atoms with Gasteiger partial charge in [0.25, 0.3) is 0 Å². The fourth-order valence-corrected chi connectivity index (χ4v) is 3.60. The summed E-state index contributed by atoms with van der Waals surface area (Å²) < 4.78 is 13.5. The van der Waals surface area contributed by atoms with Gasteiger partial charge in [-0.05, 0) is 62.8 Å². The summed E-state index contributed by atoms with van der Waals surface area (Å²) in [7, 11) is 0. The first-order valence-electron chi connectivity index (χ1n) is 8.37. The Morgan fingerprint density at radius 3 is 2.76 bits per heavy atom. The Balaban J connectivity index is 2.07. The summed E-state index contributed by atoms with van der Waals surface area (Å²) in [5.74, 6) is 1.30. The monoisotopic (exact) mass is 292 g/mol. The van der Waals surface area contributed by atoms with Crippen molar-refractivity contribution in [1.29, 1.82) is 0 Å². The van der Waals surface area contributed by atoms with Crippen molar-refractivity contribution in [3.63, 3.8) is 0 Å². The third-order valence-electron chi connectivity index (χ3n) is 4.72. The van der Waals surface area contributed by atoms with E-state index < -0.39 is 0 Å². The Kier molecular flexibility index (Phi) is 6.04. The van der Waals surface area contributed by atoms with Gasteiger partial charge in [-0.3, -0.25) is 0 Å². The van der Waals surface area contributed by atoms with E-state index in [9.17, 15) is 4.39 Å². The highest BCUT2D eigenvalue weighted by molar-refractivity contribution is 5.46. The van der Waals surface area contributed by atoms with Crippen molar-refractivity contribution in [2.75, 3.05) is 24.5 Å². The molecule has 3 atom stereocenters. The lowest BCUT2D eigenvalue weighted by atomic mass is 9.78. The Bertz CT molecular complexity index is 435. The van der Waals surface area contributed by atoms with Crippen LogP contribution >= 0.6 is 0 Å². The maximum absolute atomic E-state index is 13.5. The summed E-state index contributed by atoms with van der Waals surface area (Å²) in [6, 6.07) is 7.59. The van der Waals surface area contributed by atoms with Crippen molar-refractivity contribution < 1.29 is 4.39 Å². The number of anilines is 1. The molecule has 0 radical (unpaired) electrons. The summed E-state index contributed by atoms with van der Waals surface area (Å²) >= 11 is 0.